The fraction of sp³-hybridized carbons (Fsp3) is 0.111. The van der Waals surface area contributed by atoms with Gasteiger partial charge < -0.3 is 5.73 Å². The Bertz CT molecular complexity index is 545. The molecule has 0 atom stereocenters. The molecule has 0 spiro atoms. The maximum absolute atomic E-state index is 11.7. The van der Waals surface area contributed by atoms with Gasteiger partial charge >= 0.3 is 0 Å². The molecule has 88 valence electrons. The molecule has 0 bridgehead atoms. The van der Waals surface area contributed by atoms with Crippen molar-refractivity contribution < 1.29 is 0 Å². The number of aromatic nitrogens is 4. The maximum atomic E-state index is 11.7. The second-order valence-corrected chi connectivity index (χ2v) is 4.88. The third-order valence-corrected chi connectivity index (χ3v) is 3.67. The molecule has 0 aliphatic carbocycles. The number of aromatic amines is 1. The van der Waals surface area contributed by atoms with E-state index in [-0.39, 0.29) is 5.56 Å². The first-order valence-corrected chi connectivity index (χ1v) is 6.47. The van der Waals surface area contributed by atoms with Crippen LogP contribution in [0.1, 0.15) is 0 Å². The Morgan fingerprint density at radius 2 is 2.12 bits per heavy atom. The van der Waals surface area contributed by atoms with Gasteiger partial charge in [-0.3, -0.25) is 4.79 Å². The van der Waals surface area contributed by atoms with Gasteiger partial charge in [0.2, 0.25) is 0 Å². The zero-order chi connectivity index (χ0) is 12.1. The zero-order valence-electron chi connectivity index (χ0n) is 8.66. The lowest BCUT2D eigenvalue weighted by molar-refractivity contribution is 0.889. The van der Waals surface area contributed by atoms with E-state index < -0.39 is 0 Å². The van der Waals surface area contributed by atoms with Crippen molar-refractivity contribution in [1.29, 1.82) is 0 Å². The van der Waals surface area contributed by atoms with Gasteiger partial charge in [0, 0.05) is 23.2 Å². The quantitative estimate of drug-likeness (QED) is 0.478. The Morgan fingerprint density at radius 1 is 1.35 bits per heavy atom. The van der Waals surface area contributed by atoms with Crippen LogP contribution in [-0.2, 0) is 0 Å². The van der Waals surface area contributed by atoms with Gasteiger partial charge in [0.1, 0.15) is 0 Å². The minimum absolute atomic E-state index is 0.263. The predicted octanol–water partition coefficient (Wildman–Crippen LogP) is 0.719. The van der Waals surface area contributed by atoms with Crippen molar-refractivity contribution in [1.82, 2.24) is 20.2 Å². The van der Waals surface area contributed by atoms with Gasteiger partial charge in [-0.2, -0.15) is 5.10 Å². The highest BCUT2D eigenvalue weighted by Gasteiger charge is 2.11. The SMILES string of the molecule is NCSc1cn[nH]c(=O)c1Sc1ncccn1. The highest BCUT2D eigenvalue weighted by atomic mass is 32.2. The van der Waals surface area contributed by atoms with Gasteiger partial charge in [-0.1, -0.05) is 0 Å². The summed E-state index contributed by atoms with van der Waals surface area (Å²) >= 11 is 2.55. The van der Waals surface area contributed by atoms with Gasteiger partial charge in [0.15, 0.2) is 5.16 Å². The molecule has 3 N–H and O–H groups in total. The summed E-state index contributed by atoms with van der Waals surface area (Å²) in [6, 6.07) is 1.72. The molecule has 0 unspecified atom stereocenters. The topological polar surface area (TPSA) is 97.5 Å². The number of rotatable bonds is 4. The van der Waals surface area contributed by atoms with Gasteiger partial charge in [0.05, 0.1) is 11.1 Å². The van der Waals surface area contributed by atoms with E-state index in [1.165, 1.54) is 23.5 Å². The minimum Gasteiger partial charge on any atom is -0.322 e. The number of hydrogen-bond donors (Lipinski definition) is 2. The molecule has 2 rings (SSSR count). The molecule has 2 aromatic rings. The van der Waals surface area contributed by atoms with Crippen molar-refractivity contribution >= 4 is 23.5 Å². The van der Waals surface area contributed by atoms with E-state index in [2.05, 4.69) is 20.2 Å². The Kier molecular flexibility index (Phi) is 4.13. The maximum Gasteiger partial charge on any atom is 0.279 e. The molecule has 0 fully saturated rings. The number of thioether (sulfide) groups is 1. The van der Waals surface area contributed by atoms with Crippen molar-refractivity contribution in [3.8, 4) is 0 Å². The van der Waals surface area contributed by atoms with Crippen LogP contribution in [0.15, 0.2) is 44.4 Å². The van der Waals surface area contributed by atoms with E-state index in [0.29, 0.717) is 15.9 Å². The lowest BCUT2D eigenvalue weighted by atomic mass is 10.6. The number of H-pyrrole nitrogens is 1. The Morgan fingerprint density at radius 3 is 2.82 bits per heavy atom. The fourth-order valence-electron chi connectivity index (χ4n) is 1.09. The fourth-order valence-corrected chi connectivity index (χ4v) is 2.62. The molecular weight excluding hydrogens is 258 g/mol. The van der Waals surface area contributed by atoms with Crippen LogP contribution in [0.3, 0.4) is 0 Å². The van der Waals surface area contributed by atoms with Crippen molar-refractivity contribution in [2.24, 2.45) is 5.73 Å². The monoisotopic (exact) mass is 267 g/mol. The van der Waals surface area contributed by atoms with Crippen LogP contribution in [0.25, 0.3) is 0 Å². The molecule has 0 radical (unpaired) electrons. The normalized spacial score (nSPS) is 10.4. The van der Waals surface area contributed by atoms with Gasteiger partial charge in [0.25, 0.3) is 5.56 Å². The van der Waals surface area contributed by atoms with Crippen molar-refractivity contribution in [3.63, 3.8) is 0 Å². The first kappa shape index (κ1) is 12.1. The highest BCUT2D eigenvalue weighted by molar-refractivity contribution is 8.02. The van der Waals surface area contributed by atoms with Crippen LogP contribution < -0.4 is 11.3 Å². The summed E-state index contributed by atoms with van der Waals surface area (Å²) in [4.78, 5) is 21.0. The summed E-state index contributed by atoms with van der Waals surface area (Å²) < 4.78 is 0. The summed E-state index contributed by atoms with van der Waals surface area (Å²) in [5.41, 5.74) is 5.19. The highest BCUT2D eigenvalue weighted by Crippen LogP contribution is 2.29. The average Bonchev–Trinajstić information content (AvgIpc) is 2.35. The molecule has 6 nitrogen and oxygen atoms in total. The molecule has 0 aliphatic heterocycles. The average molecular weight is 267 g/mol. The molecular formula is C9H9N5OS2. The van der Waals surface area contributed by atoms with E-state index >= 15 is 0 Å². The Balaban J connectivity index is 2.34. The second kappa shape index (κ2) is 5.80. The summed E-state index contributed by atoms with van der Waals surface area (Å²) in [7, 11) is 0. The summed E-state index contributed by atoms with van der Waals surface area (Å²) in [5, 5.41) is 6.64. The number of hydrogen-bond acceptors (Lipinski definition) is 7. The molecule has 17 heavy (non-hydrogen) atoms. The van der Waals surface area contributed by atoms with E-state index in [9.17, 15) is 4.79 Å². The molecule has 0 aromatic carbocycles. The zero-order valence-corrected chi connectivity index (χ0v) is 10.3. The van der Waals surface area contributed by atoms with Crippen LogP contribution in [0.4, 0.5) is 0 Å². The lowest BCUT2D eigenvalue weighted by Gasteiger charge is -2.04. The molecule has 0 saturated carbocycles. The number of nitrogens with one attached hydrogen (secondary N) is 1. The van der Waals surface area contributed by atoms with Gasteiger partial charge in [-0.05, 0) is 17.8 Å². The minimum atomic E-state index is -0.263. The van der Waals surface area contributed by atoms with Crippen molar-refractivity contribution in [2.45, 2.75) is 14.9 Å². The van der Waals surface area contributed by atoms with Gasteiger partial charge in [-0.25, -0.2) is 15.1 Å². The van der Waals surface area contributed by atoms with E-state index in [4.69, 9.17) is 5.73 Å². The Labute approximate surface area is 105 Å². The summed E-state index contributed by atoms with van der Waals surface area (Å²) in [6.07, 6.45) is 4.82. The van der Waals surface area contributed by atoms with Crippen molar-refractivity contribution in [3.05, 3.63) is 35.0 Å². The molecule has 0 saturated heterocycles. The lowest BCUT2D eigenvalue weighted by Crippen LogP contribution is -2.11. The predicted molar refractivity (Wildman–Crippen MR) is 65.9 cm³/mol. The third-order valence-electron chi connectivity index (χ3n) is 1.75. The standard InChI is InChI=1S/C9H9N5OS2/c10-5-16-6-4-13-14-8(15)7(6)17-9-11-2-1-3-12-9/h1-4H,5,10H2,(H,14,15). The van der Waals surface area contributed by atoms with Crippen LogP contribution in [0.5, 0.6) is 0 Å². The smallest absolute Gasteiger partial charge is 0.279 e. The van der Waals surface area contributed by atoms with Crippen LogP contribution in [-0.4, -0.2) is 26.0 Å². The van der Waals surface area contributed by atoms with Crippen LogP contribution >= 0.6 is 23.5 Å². The first-order valence-electron chi connectivity index (χ1n) is 4.66. The molecule has 2 heterocycles. The van der Waals surface area contributed by atoms with Crippen LogP contribution in [0, 0.1) is 0 Å². The van der Waals surface area contributed by atoms with E-state index in [1.807, 2.05) is 0 Å². The second-order valence-electron chi connectivity index (χ2n) is 2.84. The summed E-state index contributed by atoms with van der Waals surface area (Å²) in [6.45, 7) is 0. The number of nitrogens with two attached hydrogens (primary N) is 1. The summed E-state index contributed by atoms with van der Waals surface area (Å²) in [5.74, 6) is 0.383. The van der Waals surface area contributed by atoms with Gasteiger partial charge in [-0.15, -0.1) is 11.8 Å². The number of nitrogens with zero attached hydrogens (tertiary/aromatic N) is 3. The first-order chi connectivity index (χ1) is 8.31. The van der Waals surface area contributed by atoms with E-state index in [1.54, 1.807) is 24.7 Å². The largest absolute Gasteiger partial charge is 0.322 e. The Hall–Kier alpha value is -1.38. The molecule has 8 heteroatoms. The molecule has 2 aromatic heterocycles. The molecule has 0 amide bonds. The molecule has 0 aliphatic rings. The van der Waals surface area contributed by atoms with Crippen LogP contribution in [0.2, 0.25) is 0 Å². The van der Waals surface area contributed by atoms with E-state index in [0.717, 1.165) is 4.90 Å². The third kappa shape index (κ3) is 3.05. The van der Waals surface area contributed by atoms with Crippen molar-refractivity contribution in [2.75, 3.05) is 5.88 Å².